The molecule has 0 radical (unpaired) electrons. The fraction of sp³-hybridized carbons (Fsp3) is 0.483. The lowest BCUT2D eigenvalue weighted by Gasteiger charge is -2.36. The topological polar surface area (TPSA) is 108 Å². The Morgan fingerprint density at radius 3 is 2.50 bits per heavy atom. The van der Waals surface area contributed by atoms with Crippen LogP contribution >= 0.6 is 11.6 Å². The Bertz CT molecular complexity index is 1240. The van der Waals surface area contributed by atoms with Crippen molar-refractivity contribution in [3.8, 4) is 0 Å². The first-order chi connectivity index (χ1) is 18.2. The van der Waals surface area contributed by atoms with Crippen LogP contribution in [-0.4, -0.2) is 57.6 Å². The minimum atomic E-state index is -1.20. The maximum atomic E-state index is 14.2. The molecule has 7 atom stereocenters. The number of hydrogen-bond donors (Lipinski definition) is 3. The number of carbonyl (C=O) groups is 3. The van der Waals surface area contributed by atoms with Gasteiger partial charge in [-0.15, -0.1) is 0 Å². The first kappa shape index (κ1) is 26.7. The molecule has 3 heterocycles. The minimum absolute atomic E-state index is 0.0798. The Morgan fingerprint density at radius 2 is 1.84 bits per heavy atom. The lowest BCUT2D eigenvalue weighted by atomic mass is 9.62. The van der Waals surface area contributed by atoms with Crippen molar-refractivity contribution < 1.29 is 24.2 Å². The fourth-order valence-electron chi connectivity index (χ4n) is 6.84. The van der Waals surface area contributed by atoms with Gasteiger partial charge in [-0.1, -0.05) is 67.9 Å². The van der Waals surface area contributed by atoms with Crippen LogP contribution in [-0.2, 0) is 25.7 Å². The van der Waals surface area contributed by atoms with Crippen LogP contribution in [0.15, 0.2) is 54.6 Å². The van der Waals surface area contributed by atoms with E-state index in [-0.39, 0.29) is 24.3 Å². The Morgan fingerprint density at radius 1 is 1.16 bits per heavy atom. The molecule has 1 spiro atoms. The predicted molar refractivity (Wildman–Crippen MR) is 143 cm³/mol. The second-order valence-electron chi connectivity index (χ2n) is 10.9. The molecule has 3 amide bonds. The molecule has 3 N–H and O–H groups in total. The lowest BCUT2D eigenvalue weighted by molar-refractivity contribution is -0.149. The van der Waals surface area contributed by atoms with Gasteiger partial charge in [0.25, 0.3) is 0 Å². The highest BCUT2D eigenvalue weighted by Crippen LogP contribution is 2.65. The third-order valence-corrected chi connectivity index (χ3v) is 9.13. The number of likely N-dealkylation sites (tertiary alicyclic amines) is 1. The Kier molecular flexibility index (Phi) is 7.00. The van der Waals surface area contributed by atoms with Crippen LogP contribution in [0.4, 0.5) is 5.69 Å². The van der Waals surface area contributed by atoms with E-state index in [4.69, 9.17) is 16.3 Å². The third-order valence-electron chi connectivity index (χ3n) is 8.80. The molecule has 8 nitrogen and oxygen atoms in total. The smallest absolute Gasteiger partial charge is 0.250 e. The van der Waals surface area contributed by atoms with Crippen molar-refractivity contribution in [1.29, 1.82) is 0 Å². The summed E-state index contributed by atoms with van der Waals surface area (Å²) in [7, 11) is 0. The van der Waals surface area contributed by atoms with Crippen LogP contribution in [0.25, 0.3) is 0 Å². The molecule has 0 saturated carbocycles. The number of hydrogen-bond acceptors (Lipinski definition) is 5. The third kappa shape index (κ3) is 4.01. The van der Waals surface area contributed by atoms with E-state index in [1.165, 1.54) is 4.90 Å². The van der Waals surface area contributed by atoms with Crippen LogP contribution in [0.1, 0.15) is 39.2 Å². The molecule has 0 aliphatic carbocycles. The summed E-state index contributed by atoms with van der Waals surface area (Å²) in [5, 5.41) is 16.5. The molecule has 3 unspecified atom stereocenters. The highest BCUT2D eigenvalue weighted by molar-refractivity contribution is 6.33. The van der Waals surface area contributed by atoms with Gasteiger partial charge >= 0.3 is 0 Å². The van der Waals surface area contributed by atoms with Gasteiger partial charge in [0.2, 0.25) is 17.7 Å². The van der Waals surface area contributed by atoms with Crippen LogP contribution in [0.2, 0.25) is 5.02 Å². The van der Waals surface area contributed by atoms with Crippen molar-refractivity contribution in [3.05, 3.63) is 65.2 Å². The highest BCUT2D eigenvalue weighted by Gasteiger charge is 2.80. The van der Waals surface area contributed by atoms with Gasteiger partial charge in [-0.2, -0.15) is 0 Å². The van der Waals surface area contributed by atoms with Gasteiger partial charge in [0, 0.05) is 6.54 Å². The number of rotatable bonds is 8. The number of fused-ring (bicyclic) bond motifs is 1. The summed E-state index contributed by atoms with van der Waals surface area (Å²) in [6.07, 6.45) is 0.889. The van der Waals surface area contributed by atoms with E-state index in [1.54, 1.807) is 24.3 Å². The van der Waals surface area contributed by atoms with Gasteiger partial charge in [-0.05, 0) is 43.4 Å². The number of nitrogens with one attached hydrogen (secondary N) is 2. The SMILES string of the molecule is CC[C@@H](CO)N1C(=O)[C@@H]2[C@H](C(=O)NCc3ccccc3)[C@@]3(C)OC2(CC3C)C1C(=O)Nc1ccccc1Cl. The zero-order valence-corrected chi connectivity index (χ0v) is 22.6. The molecule has 2 aromatic rings. The Balaban J connectivity index is 1.53. The molecule has 202 valence electrons. The first-order valence-electron chi connectivity index (χ1n) is 13.2. The van der Waals surface area contributed by atoms with Crippen LogP contribution in [0.5, 0.6) is 0 Å². The number of amides is 3. The molecule has 9 heteroatoms. The molecule has 5 rings (SSSR count). The van der Waals surface area contributed by atoms with Gasteiger partial charge in [0.05, 0.1) is 40.8 Å². The normalized spacial score (nSPS) is 32.2. The maximum absolute atomic E-state index is 14.2. The van der Waals surface area contributed by atoms with Crippen LogP contribution in [0.3, 0.4) is 0 Å². The molecule has 3 saturated heterocycles. The summed E-state index contributed by atoms with van der Waals surface area (Å²) >= 11 is 6.32. The summed E-state index contributed by atoms with van der Waals surface area (Å²) < 4.78 is 6.71. The number of nitrogens with zero attached hydrogens (tertiary/aromatic N) is 1. The summed E-state index contributed by atoms with van der Waals surface area (Å²) in [6.45, 7) is 5.75. The molecule has 2 bridgehead atoms. The minimum Gasteiger partial charge on any atom is -0.394 e. The molecule has 3 aliphatic heterocycles. The molecule has 3 fully saturated rings. The standard InChI is InChI=1S/C29H34ClN3O5/c1-4-19(16-34)33-24(26(36)32-21-13-9-8-12-20(21)30)29-14-17(2)28(3,38-29)22(23(29)27(33)37)25(35)31-15-18-10-6-5-7-11-18/h5-13,17,19,22-24,34H,4,14-16H2,1-3H3,(H,31,35)(H,32,36)/t17?,19-,22+,23-,24?,28-,29?/m0/s1. The molecular weight excluding hydrogens is 506 g/mol. The highest BCUT2D eigenvalue weighted by atomic mass is 35.5. The van der Waals surface area contributed by atoms with Gasteiger partial charge in [-0.25, -0.2) is 0 Å². The van der Waals surface area contributed by atoms with Crippen molar-refractivity contribution in [1.82, 2.24) is 10.2 Å². The van der Waals surface area contributed by atoms with Crippen molar-refractivity contribution in [2.75, 3.05) is 11.9 Å². The average Bonchev–Trinajstić information content (AvgIpc) is 3.42. The van der Waals surface area contributed by atoms with E-state index in [9.17, 15) is 19.5 Å². The van der Waals surface area contributed by atoms with E-state index in [0.717, 1.165) is 5.56 Å². The summed E-state index contributed by atoms with van der Waals surface area (Å²) in [4.78, 5) is 43.3. The number of ether oxygens (including phenoxy) is 1. The zero-order chi connectivity index (χ0) is 27.2. The monoisotopic (exact) mass is 539 g/mol. The van der Waals surface area contributed by atoms with E-state index in [1.807, 2.05) is 51.1 Å². The summed E-state index contributed by atoms with van der Waals surface area (Å²) in [6, 6.07) is 14.8. The van der Waals surface area contributed by atoms with Crippen molar-refractivity contribution in [3.63, 3.8) is 0 Å². The largest absolute Gasteiger partial charge is 0.394 e. The number of anilines is 1. The Labute approximate surface area is 227 Å². The quantitative estimate of drug-likeness (QED) is 0.477. The number of para-hydroxylation sites is 1. The summed E-state index contributed by atoms with van der Waals surface area (Å²) in [5.41, 5.74) is -0.752. The van der Waals surface area contributed by atoms with E-state index < -0.39 is 41.0 Å². The van der Waals surface area contributed by atoms with Gasteiger partial charge in [0.1, 0.15) is 11.6 Å². The fourth-order valence-corrected chi connectivity index (χ4v) is 7.02. The molecule has 38 heavy (non-hydrogen) atoms. The first-order valence-corrected chi connectivity index (χ1v) is 13.6. The van der Waals surface area contributed by atoms with E-state index in [2.05, 4.69) is 10.6 Å². The van der Waals surface area contributed by atoms with E-state index in [0.29, 0.717) is 30.1 Å². The van der Waals surface area contributed by atoms with Gasteiger partial charge < -0.3 is 25.4 Å². The van der Waals surface area contributed by atoms with Crippen molar-refractivity contribution in [2.24, 2.45) is 17.8 Å². The molecular formula is C29H34ClN3O5. The molecule has 3 aliphatic rings. The molecule has 2 aromatic carbocycles. The second kappa shape index (κ2) is 9.98. The van der Waals surface area contributed by atoms with Crippen LogP contribution < -0.4 is 10.6 Å². The molecule has 0 aromatic heterocycles. The van der Waals surface area contributed by atoms with Crippen molar-refractivity contribution in [2.45, 2.75) is 63.4 Å². The van der Waals surface area contributed by atoms with Gasteiger partial charge in [-0.3, -0.25) is 14.4 Å². The number of aliphatic hydroxyl groups excluding tert-OH is 1. The number of carbonyl (C=O) groups excluding carboxylic acids is 3. The van der Waals surface area contributed by atoms with E-state index >= 15 is 0 Å². The van der Waals surface area contributed by atoms with Gasteiger partial charge in [0.15, 0.2) is 0 Å². The number of halogens is 1. The number of benzene rings is 2. The number of aliphatic hydroxyl groups is 1. The summed E-state index contributed by atoms with van der Waals surface area (Å²) in [5.74, 6) is -2.75. The lowest BCUT2D eigenvalue weighted by Crippen LogP contribution is -2.56. The Hall–Kier alpha value is -2.94. The van der Waals surface area contributed by atoms with Crippen LogP contribution in [0, 0.1) is 17.8 Å². The van der Waals surface area contributed by atoms with Crippen molar-refractivity contribution >= 4 is 35.0 Å². The predicted octanol–water partition coefficient (Wildman–Crippen LogP) is 3.38. The zero-order valence-electron chi connectivity index (χ0n) is 21.8. The average molecular weight is 540 g/mol. The maximum Gasteiger partial charge on any atom is 0.250 e. The second-order valence-corrected chi connectivity index (χ2v) is 11.3.